The Hall–Kier alpha value is -3.59. The van der Waals surface area contributed by atoms with Gasteiger partial charge < -0.3 is 15.4 Å². The van der Waals surface area contributed by atoms with Crippen LogP contribution in [0.1, 0.15) is 19.3 Å². The molecule has 0 radical (unpaired) electrons. The van der Waals surface area contributed by atoms with Gasteiger partial charge in [0.05, 0.1) is 5.39 Å². The van der Waals surface area contributed by atoms with Crippen molar-refractivity contribution in [3.05, 3.63) is 60.9 Å². The van der Waals surface area contributed by atoms with Crippen LogP contribution in [0.4, 0.5) is 5.82 Å². The average Bonchev–Trinajstić information content (AvgIpc) is 3.65. The van der Waals surface area contributed by atoms with Crippen LogP contribution in [-0.4, -0.2) is 54.6 Å². The van der Waals surface area contributed by atoms with E-state index in [0.717, 1.165) is 65.5 Å². The maximum Gasteiger partial charge on any atom is 0.223 e. The molecule has 0 saturated carbocycles. The number of benzene rings is 2. The van der Waals surface area contributed by atoms with Crippen molar-refractivity contribution < 1.29 is 9.53 Å². The molecule has 0 spiro atoms. The smallest absolute Gasteiger partial charge is 0.223 e. The number of rotatable bonds is 7. The summed E-state index contributed by atoms with van der Waals surface area (Å²) in [5.74, 6) is 3.66. The Morgan fingerprint density at radius 2 is 1.86 bits per heavy atom. The Labute approximate surface area is 213 Å². The molecule has 4 heterocycles. The van der Waals surface area contributed by atoms with Crippen LogP contribution >= 0.6 is 11.8 Å². The van der Waals surface area contributed by atoms with Gasteiger partial charge in [0.25, 0.3) is 0 Å². The van der Waals surface area contributed by atoms with Crippen LogP contribution in [0.15, 0.2) is 60.9 Å². The lowest BCUT2D eigenvalue weighted by molar-refractivity contribution is -0.132. The number of anilines is 1. The summed E-state index contributed by atoms with van der Waals surface area (Å²) in [6.45, 7) is 2.30. The van der Waals surface area contributed by atoms with Crippen molar-refractivity contribution in [2.45, 2.75) is 31.1 Å². The van der Waals surface area contributed by atoms with Crippen LogP contribution < -0.4 is 10.5 Å². The van der Waals surface area contributed by atoms with E-state index >= 15 is 0 Å². The Kier molecular flexibility index (Phi) is 6.23. The standard InChI is InChI=1S/C27H28N6O2S/c28-26-24-25(19-8-10-21(11-9-19)35-20-6-2-1-3-7-20)31-33(27(24)30-17-29-26)15-18-5-4-12-32(14-18)23(34)13-22-16-36-22/h1-3,6-11,17-18,22H,4-5,12-16H2,(H2,28,29,30). The van der Waals surface area contributed by atoms with E-state index in [9.17, 15) is 4.79 Å². The molecule has 2 fully saturated rings. The molecule has 2 aliphatic rings. The van der Waals surface area contributed by atoms with Crippen molar-refractivity contribution in [2.75, 3.05) is 24.6 Å². The van der Waals surface area contributed by atoms with Gasteiger partial charge in [0.1, 0.15) is 29.3 Å². The van der Waals surface area contributed by atoms with Gasteiger partial charge in [0.15, 0.2) is 5.65 Å². The zero-order valence-electron chi connectivity index (χ0n) is 19.9. The van der Waals surface area contributed by atoms with Crippen LogP contribution in [0.3, 0.4) is 0 Å². The molecule has 184 valence electrons. The summed E-state index contributed by atoms with van der Waals surface area (Å²) in [7, 11) is 0. The first-order chi connectivity index (χ1) is 17.6. The number of likely N-dealkylation sites (tertiary alicyclic amines) is 1. The summed E-state index contributed by atoms with van der Waals surface area (Å²) in [4.78, 5) is 23.5. The van der Waals surface area contributed by atoms with E-state index in [2.05, 4.69) is 9.97 Å². The van der Waals surface area contributed by atoms with E-state index in [0.29, 0.717) is 30.0 Å². The van der Waals surface area contributed by atoms with Crippen LogP contribution in [0.25, 0.3) is 22.3 Å². The number of piperidine rings is 1. The number of thioether (sulfide) groups is 1. The Bertz CT molecular complexity index is 1370. The van der Waals surface area contributed by atoms with Gasteiger partial charge in [-0.2, -0.15) is 16.9 Å². The maximum atomic E-state index is 12.7. The second-order valence-corrected chi connectivity index (χ2v) is 10.8. The normalized spacial score (nSPS) is 19.4. The summed E-state index contributed by atoms with van der Waals surface area (Å²) in [5.41, 5.74) is 8.70. The number of hydrogen-bond acceptors (Lipinski definition) is 7. The Morgan fingerprint density at radius 1 is 1.08 bits per heavy atom. The molecule has 1 amide bonds. The van der Waals surface area contributed by atoms with Crippen molar-refractivity contribution in [3.63, 3.8) is 0 Å². The van der Waals surface area contributed by atoms with E-state index in [1.807, 2.05) is 75.9 Å². The minimum Gasteiger partial charge on any atom is -0.457 e. The first kappa shape index (κ1) is 22.8. The van der Waals surface area contributed by atoms with Gasteiger partial charge in [-0.25, -0.2) is 14.6 Å². The number of ether oxygens (including phenoxy) is 1. The van der Waals surface area contributed by atoms with Crippen molar-refractivity contribution in [3.8, 4) is 22.8 Å². The number of para-hydroxylation sites is 1. The third kappa shape index (κ3) is 4.88. The van der Waals surface area contributed by atoms with Gasteiger partial charge in [-0.1, -0.05) is 18.2 Å². The summed E-state index contributed by atoms with van der Waals surface area (Å²) in [6, 6.07) is 17.5. The number of amides is 1. The largest absolute Gasteiger partial charge is 0.457 e. The quantitative estimate of drug-likeness (QED) is 0.370. The number of nitrogen functional groups attached to an aromatic ring is 1. The lowest BCUT2D eigenvalue weighted by Crippen LogP contribution is -2.41. The number of carbonyl (C=O) groups is 1. The highest BCUT2D eigenvalue weighted by atomic mass is 32.2. The van der Waals surface area contributed by atoms with Crippen LogP contribution in [0, 0.1) is 5.92 Å². The van der Waals surface area contributed by atoms with Crippen LogP contribution in [-0.2, 0) is 11.3 Å². The molecule has 9 heteroatoms. The molecule has 2 aromatic heterocycles. The molecule has 36 heavy (non-hydrogen) atoms. The number of aromatic nitrogens is 4. The van der Waals surface area contributed by atoms with E-state index in [1.165, 1.54) is 6.33 Å². The highest BCUT2D eigenvalue weighted by molar-refractivity contribution is 8.06. The van der Waals surface area contributed by atoms with Gasteiger partial charge in [0, 0.05) is 42.6 Å². The second-order valence-electron chi connectivity index (χ2n) is 9.44. The first-order valence-corrected chi connectivity index (χ1v) is 13.4. The zero-order chi connectivity index (χ0) is 24.5. The van der Waals surface area contributed by atoms with E-state index in [-0.39, 0.29) is 5.91 Å². The van der Waals surface area contributed by atoms with Gasteiger partial charge in [0.2, 0.25) is 5.91 Å². The predicted octanol–water partition coefficient (Wildman–Crippen LogP) is 4.61. The highest BCUT2D eigenvalue weighted by Gasteiger charge is 2.31. The zero-order valence-corrected chi connectivity index (χ0v) is 20.7. The lowest BCUT2D eigenvalue weighted by atomic mass is 9.97. The molecular weight excluding hydrogens is 472 g/mol. The van der Waals surface area contributed by atoms with Crippen molar-refractivity contribution >= 4 is 34.5 Å². The number of fused-ring (bicyclic) bond motifs is 1. The third-order valence-corrected chi connectivity index (χ3v) is 7.74. The molecule has 0 aliphatic carbocycles. The number of hydrogen-bond donors (Lipinski definition) is 1. The fourth-order valence-corrected chi connectivity index (χ4v) is 5.37. The summed E-state index contributed by atoms with van der Waals surface area (Å²) in [6.07, 6.45) is 4.23. The van der Waals surface area contributed by atoms with E-state index in [4.69, 9.17) is 15.6 Å². The number of nitrogens with zero attached hydrogens (tertiary/aromatic N) is 5. The fourth-order valence-electron chi connectivity index (χ4n) is 4.86. The molecule has 2 N–H and O–H groups in total. The van der Waals surface area contributed by atoms with Gasteiger partial charge >= 0.3 is 0 Å². The molecule has 2 atom stereocenters. The average molecular weight is 501 g/mol. The Balaban J connectivity index is 1.24. The molecule has 2 saturated heterocycles. The Morgan fingerprint density at radius 3 is 2.64 bits per heavy atom. The topological polar surface area (TPSA) is 99.2 Å². The molecule has 6 rings (SSSR count). The fraction of sp³-hybridized carbons (Fsp3) is 0.333. The molecule has 0 bridgehead atoms. The molecule has 2 aliphatic heterocycles. The van der Waals surface area contributed by atoms with Crippen LogP contribution in [0.2, 0.25) is 0 Å². The van der Waals surface area contributed by atoms with Crippen molar-refractivity contribution in [2.24, 2.45) is 5.92 Å². The third-order valence-electron chi connectivity index (χ3n) is 6.77. The second kappa shape index (κ2) is 9.81. The highest BCUT2D eigenvalue weighted by Crippen LogP contribution is 2.35. The number of nitrogens with two attached hydrogens (primary N) is 1. The van der Waals surface area contributed by atoms with Crippen molar-refractivity contribution in [1.29, 1.82) is 0 Å². The van der Waals surface area contributed by atoms with Gasteiger partial charge in [-0.3, -0.25) is 4.79 Å². The molecule has 8 nitrogen and oxygen atoms in total. The minimum atomic E-state index is 0.282. The lowest BCUT2D eigenvalue weighted by Gasteiger charge is -2.32. The summed E-state index contributed by atoms with van der Waals surface area (Å²) < 4.78 is 7.87. The van der Waals surface area contributed by atoms with Gasteiger partial charge in [-0.05, 0) is 55.2 Å². The SMILES string of the molecule is Nc1ncnc2c1c(-c1ccc(Oc3ccccc3)cc1)nn2CC1CCCN(C(=O)CC2CS2)C1. The van der Waals surface area contributed by atoms with Crippen LogP contribution in [0.5, 0.6) is 11.5 Å². The first-order valence-electron chi connectivity index (χ1n) is 12.3. The number of carbonyl (C=O) groups excluding carboxylic acids is 1. The molecule has 2 unspecified atom stereocenters. The van der Waals surface area contributed by atoms with Gasteiger partial charge in [-0.15, -0.1) is 0 Å². The molecular formula is C27H28N6O2S. The minimum absolute atomic E-state index is 0.282. The predicted molar refractivity (Wildman–Crippen MR) is 142 cm³/mol. The molecule has 4 aromatic rings. The maximum absolute atomic E-state index is 12.7. The van der Waals surface area contributed by atoms with E-state index in [1.54, 1.807) is 0 Å². The molecule has 2 aromatic carbocycles. The summed E-state index contributed by atoms with van der Waals surface area (Å²) in [5, 5.41) is 6.22. The summed E-state index contributed by atoms with van der Waals surface area (Å²) >= 11 is 1.87. The van der Waals surface area contributed by atoms with Crippen molar-refractivity contribution in [1.82, 2.24) is 24.6 Å². The monoisotopic (exact) mass is 500 g/mol. The van der Waals surface area contributed by atoms with E-state index < -0.39 is 0 Å².